The van der Waals surface area contributed by atoms with E-state index in [1.54, 1.807) is 43.3 Å². The summed E-state index contributed by atoms with van der Waals surface area (Å²) in [5, 5.41) is 10.5. The average Bonchev–Trinajstić information content (AvgIpc) is 2.41. The smallest absolute Gasteiger partial charge is 0.132 e. The van der Waals surface area contributed by atoms with Crippen LogP contribution >= 0.6 is 0 Å². The summed E-state index contributed by atoms with van der Waals surface area (Å²) < 4.78 is 19.8. The molecule has 0 saturated heterocycles. The molecule has 20 heavy (non-hydrogen) atoms. The van der Waals surface area contributed by atoms with Crippen LogP contribution in [0.25, 0.3) is 0 Å². The van der Waals surface area contributed by atoms with E-state index in [1.807, 2.05) is 19.9 Å². The van der Waals surface area contributed by atoms with Crippen LogP contribution < -0.4 is 4.74 Å². The minimum absolute atomic E-state index is 0.00861. The first-order valence-electron chi connectivity index (χ1n) is 6.69. The lowest BCUT2D eigenvalue weighted by Gasteiger charge is -2.19. The predicted octanol–water partition coefficient (Wildman–Crippen LogP) is 4.00. The zero-order valence-corrected chi connectivity index (χ0v) is 11.9. The minimum atomic E-state index is -1.04. The van der Waals surface area contributed by atoms with Gasteiger partial charge in [-0.2, -0.15) is 0 Å². The molecular formula is C17H19FO2. The zero-order chi connectivity index (χ0) is 14.7. The Hall–Kier alpha value is -1.87. The molecule has 0 aliphatic carbocycles. The zero-order valence-electron chi connectivity index (χ0n) is 11.9. The fraction of sp³-hybridized carbons (Fsp3) is 0.294. The van der Waals surface area contributed by atoms with Crippen LogP contribution in [0.2, 0.25) is 0 Å². The molecule has 0 aliphatic heterocycles. The summed E-state index contributed by atoms with van der Waals surface area (Å²) in [4.78, 5) is 0. The van der Waals surface area contributed by atoms with Gasteiger partial charge in [0.25, 0.3) is 0 Å². The summed E-state index contributed by atoms with van der Waals surface area (Å²) in [6.45, 7) is 5.51. The summed E-state index contributed by atoms with van der Waals surface area (Å²) in [5.74, 6) is 0.204. The number of rotatable bonds is 4. The molecule has 0 spiro atoms. The number of hydrogen-bond acceptors (Lipinski definition) is 2. The number of ether oxygens (including phenoxy) is 1. The van der Waals surface area contributed by atoms with Gasteiger partial charge in [-0.15, -0.1) is 0 Å². The molecule has 0 heterocycles. The quantitative estimate of drug-likeness (QED) is 0.913. The Bertz CT molecular complexity index is 593. The van der Waals surface area contributed by atoms with Crippen LogP contribution in [0.15, 0.2) is 42.5 Å². The van der Waals surface area contributed by atoms with Crippen LogP contribution in [0.3, 0.4) is 0 Å². The van der Waals surface area contributed by atoms with Crippen LogP contribution in [0.4, 0.5) is 4.39 Å². The molecule has 3 heteroatoms. The normalized spacial score (nSPS) is 12.5. The highest BCUT2D eigenvalue weighted by Crippen LogP contribution is 2.32. The van der Waals surface area contributed by atoms with Crippen molar-refractivity contribution in [3.8, 4) is 5.75 Å². The maximum absolute atomic E-state index is 14.1. The molecule has 1 atom stereocenters. The van der Waals surface area contributed by atoms with Crippen molar-refractivity contribution in [2.24, 2.45) is 0 Å². The van der Waals surface area contributed by atoms with Gasteiger partial charge >= 0.3 is 0 Å². The molecule has 1 unspecified atom stereocenters. The summed E-state index contributed by atoms with van der Waals surface area (Å²) in [7, 11) is 0. The van der Waals surface area contributed by atoms with E-state index in [0.717, 1.165) is 0 Å². The molecule has 0 amide bonds. The fourth-order valence-electron chi connectivity index (χ4n) is 2.12. The lowest BCUT2D eigenvalue weighted by molar-refractivity contribution is 0.194. The molecule has 0 radical (unpaired) electrons. The first-order valence-corrected chi connectivity index (χ1v) is 6.69. The van der Waals surface area contributed by atoms with E-state index in [4.69, 9.17) is 4.74 Å². The lowest BCUT2D eigenvalue weighted by atomic mass is 9.98. The van der Waals surface area contributed by atoms with Crippen molar-refractivity contribution in [1.82, 2.24) is 0 Å². The monoisotopic (exact) mass is 274 g/mol. The number of aryl methyl sites for hydroxylation is 1. The molecule has 0 aromatic heterocycles. The number of para-hydroxylation sites is 1. The van der Waals surface area contributed by atoms with E-state index in [0.29, 0.717) is 16.9 Å². The first kappa shape index (κ1) is 14.5. The van der Waals surface area contributed by atoms with Crippen LogP contribution in [0.5, 0.6) is 5.75 Å². The third-order valence-corrected chi connectivity index (χ3v) is 3.09. The van der Waals surface area contributed by atoms with Crippen molar-refractivity contribution in [2.75, 3.05) is 0 Å². The van der Waals surface area contributed by atoms with Gasteiger partial charge < -0.3 is 9.84 Å². The van der Waals surface area contributed by atoms with Crippen LogP contribution in [0, 0.1) is 12.7 Å². The minimum Gasteiger partial charge on any atom is -0.491 e. The second kappa shape index (κ2) is 6.06. The first-order chi connectivity index (χ1) is 9.50. The third-order valence-electron chi connectivity index (χ3n) is 3.09. The average molecular weight is 274 g/mol. The molecule has 0 bridgehead atoms. The van der Waals surface area contributed by atoms with E-state index in [9.17, 15) is 9.50 Å². The van der Waals surface area contributed by atoms with Gasteiger partial charge in [0.1, 0.15) is 17.7 Å². The Kier molecular flexibility index (Phi) is 4.40. The summed E-state index contributed by atoms with van der Waals surface area (Å²) >= 11 is 0. The van der Waals surface area contributed by atoms with Gasteiger partial charge in [-0.1, -0.05) is 36.4 Å². The SMILES string of the molecule is Cc1cccc(C(O)c2ccccc2OC(C)C)c1F. The second-order valence-electron chi connectivity index (χ2n) is 5.09. The molecule has 2 aromatic carbocycles. The largest absolute Gasteiger partial charge is 0.491 e. The fourth-order valence-corrected chi connectivity index (χ4v) is 2.12. The van der Waals surface area contributed by atoms with Gasteiger partial charge in [0.05, 0.1) is 6.10 Å². The molecule has 0 saturated carbocycles. The molecule has 0 fully saturated rings. The number of hydrogen-bond donors (Lipinski definition) is 1. The summed E-state index contributed by atoms with van der Waals surface area (Å²) in [5.41, 5.74) is 1.36. The maximum Gasteiger partial charge on any atom is 0.132 e. The number of benzene rings is 2. The van der Waals surface area contributed by atoms with Crippen LogP contribution in [-0.4, -0.2) is 11.2 Å². The highest BCUT2D eigenvalue weighted by Gasteiger charge is 2.19. The number of halogens is 1. The van der Waals surface area contributed by atoms with Crippen molar-refractivity contribution in [1.29, 1.82) is 0 Å². The summed E-state index contributed by atoms with van der Waals surface area (Å²) in [6.07, 6.45) is -1.05. The van der Waals surface area contributed by atoms with E-state index < -0.39 is 6.10 Å². The molecule has 2 nitrogen and oxygen atoms in total. The van der Waals surface area contributed by atoms with Gasteiger partial charge in [-0.3, -0.25) is 0 Å². The van der Waals surface area contributed by atoms with Crippen molar-refractivity contribution in [3.05, 3.63) is 65.0 Å². The summed E-state index contributed by atoms with van der Waals surface area (Å²) in [6, 6.07) is 12.2. The predicted molar refractivity (Wildman–Crippen MR) is 77.4 cm³/mol. The second-order valence-corrected chi connectivity index (χ2v) is 5.09. The number of aliphatic hydroxyl groups excluding tert-OH is 1. The molecule has 2 rings (SSSR count). The van der Waals surface area contributed by atoms with Gasteiger partial charge in [-0.05, 0) is 32.4 Å². The van der Waals surface area contributed by atoms with Crippen LogP contribution in [-0.2, 0) is 0 Å². The van der Waals surface area contributed by atoms with Gasteiger partial charge in [0, 0.05) is 11.1 Å². The highest BCUT2D eigenvalue weighted by molar-refractivity contribution is 5.41. The van der Waals surface area contributed by atoms with Gasteiger partial charge in [0.2, 0.25) is 0 Å². The van der Waals surface area contributed by atoms with E-state index in [-0.39, 0.29) is 17.5 Å². The van der Waals surface area contributed by atoms with Gasteiger partial charge in [-0.25, -0.2) is 4.39 Å². The Morgan fingerprint density at radius 3 is 2.35 bits per heavy atom. The molecule has 2 aromatic rings. The standard InChI is InChI=1S/C17H19FO2/c1-11(2)20-15-10-5-4-8-13(15)17(19)14-9-6-7-12(3)16(14)18/h4-11,17,19H,1-3H3. The van der Waals surface area contributed by atoms with E-state index in [2.05, 4.69) is 0 Å². The Balaban J connectivity index is 2.43. The Labute approximate surface area is 118 Å². The molecule has 1 N–H and O–H groups in total. The van der Waals surface area contributed by atoms with Crippen LogP contribution in [0.1, 0.15) is 36.6 Å². The lowest BCUT2D eigenvalue weighted by Crippen LogP contribution is -2.11. The molecule has 106 valence electrons. The third kappa shape index (κ3) is 2.99. The maximum atomic E-state index is 14.1. The van der Waals surface area contributed by atoms with Gasteiger partial charge in [0.15, 0.2) is 0 Å². The number of aliphatic hydroxyl groups is 1. The van der Waals surface area contributed by atoms with E-state index in [1.165, 1.54) is 0 Å². The Morgan fingerprint density at radius 1 is 1.00 bits per heavy atom. The van der Waals surface area contributed by atoms with E-state index >= 15 is 0 Å². The van der Waals surface area contributed by atoms with Crippen molar-refractivity contribution < 1.29 is 14.2 Å². The Morgan fingerprint density at radius 2 is 1.65 bits per heavy atom. The van der Waals surface area contributed by atoms with Crippen molar-refractivity contribution in [2.45, 2.75) is 33.0 Å². The van der Waals surface area contributed by atoms with Crippen molar-refractivity contribution >= 4 is 0 Å². The molecule has 0 aliphatic rings. The van der Waals surface area contributed by atoms with Crippen molar-refractivity contribution in [3.63, 3.8) is 0 Å². The molecular weight excluding hydrogens is 255 g/mol. The topological polar surface area (TPSA) is 29.5 Å². The highest BCUT2D eigenvalue weighted by atomic mass is 19.1.